The van der Waals surface area contributed by atoms with Crippen LogP contribution in [0.5, 0.6) is 0 Å². The Morgan fingerprint density at radius 2 is 1.66 bits per heavy atom. The Bertz CT molecular complexity index is 1130. The monoisotopic (exact) mass is 478 g/mol. The summed E-state index contributed by atoms with van der Waals surface area (Å²) in [5, 5.41) is 6.89. The number of amides is 2. The predicted molar refractivity (Wildman–Crippen MR) is 141 cm³/mol. The summed E-state index contributed by atoms with van der Waals surface area (Å²) in [6.07, 6.45) is 1.60. The minimum absolute atomic E-state index is 0.0432. The molecule has 35 heavy (non-hydrogen) atoms. The Balaban J connectivity index is 1.33. The van der Waals surface area contributed by atoms with Crippen molar-refractivity contribution in [2.75, 3.05) is 26.7 Å². The van der Waals surface area contributed by atoms with Crippen LogP contribution >= 0.6 is 0 Å². The fourth-order valence-electron chi connectivity index (χ4n) is 3.93. The average Bonchev–Trinajstić information content (AvgIpc) is 3.14. The van der Waals surface area contributed by atoms with Gasteiger partial charge < -0.3 is 24.8 Å². The van der Waals surface area contributed by atoms with Gasteiger partial charge in [-0.2, -0.15) is 0 Å². The lowest BCUT2D eigenvalue weighted by atomic mass is 10.1. The Labute approximate surface area is 208 Å². The number of fused-ring (bicyclic) bond motifs is 1. The van der Waals surface area contributed by atoms with Crippen LogP contribution in [-0.4, -0.2) is 53.8 Å². The average molecular weight is 479 g/mol. The molecule has 0 aliphatic rings. The second-order valence-electron chi connectivity index (χ2n) is 9.98. The van der Waals surface area contributed by atoms with E-state index in [-0.39, 0.29) is 5.91 Å². The normalized spacial score (nSPS) is 11.6. The number of nitrogens with one attached hydrogen (secondary N) is 2. The first-order chi connectivity index (χ1) is 16.6. The molecule has 0 unspecified atom stereocenters. The van der Waals surface area contributed by atoms with Crippen LogP contribution in [0.3, 0.4) is 0 Å². The van der Waals surface area contributed by atoms with Gasteiger partial charge in [0.05, 0.1) is 0 Å². The number of para-hydroxylation sites is 1. The molecule has 7 heteroatoms. The van der Waals surface area contributed by atoms with Gasteiger partial charge in [0.25, 0.3) is 5.91 Å². The highest BCUT2D eigenvalue weighted by Crippen LogP contribution is 2.18. The molecule has 0 atom stereocenters. The molecular weight excluding hydrogens is 440 g/mol. The van der Waals surface area contributed by atoms with Gasteiger partial charge in [0, 0.05) is 37.6 Å². The lowest BCUT2D eigenvalue weighted by molar-refractivity contribution is 0.0523. The zero-order valence-electron chi connectivity index (χ0n) is 21.6. The first-order valence-corrected chi connectivity index (χ1v) is 12.2. The van der Waals surface area contributed by atoms with Gasteiger partial charge in [-0.05, 0) is 70.5 Å². The molecule has 1 heterocycles. The largest absolute Gasteiger partial charge is 0.444 e. The van der Waals surface area contributed by atoms with Gasteiger partial charge >= 0.3 is 6.09 Å². The lowest BCUT2D eigenvalue weighted by Gasteiger charge is -2.19. The number of carbonyl (C=O) groups excluding carboxylic acids is 2. The molecule has 3 aromatic rings. The second kappa shape index (κ2) is 11.9. The number of aryl methyl sites for hydroxylation is 2. The Kier molecular flexibility index (Phi) is 8.93. The van der Waals surface area contributed by atoms with Gasteiger partial charge in [0.2, 0.25) is 0 Å². The topological polar surface area (TPSA) is 75.6 Å². The molecule has 0 saturated heterocycles. The van der Waals surface area contributed by atoms with E-state index in [1.54, 1.807) is 0 Å². The molecule has 0 aliphatic carbocycles. The van der Waals surface area contributed by atoms with Crippen LogP contribution in [0.2, 0.25) is 0 Å². The van der Waals surface area contributed by atoms with E-state index >= 15 is 0 Å². The minimum Gasteiger partial charge on any atom is -0.444 e. The van der Waals surface area contributed by atoms with Crippen LogP contribution in [0.1, 0.15) is 48.8 Å². The third kappa shape index (κ3) is 8.14. The summed E-state index contributed by atoms with van der Waals surface area (Å²) in [5.74, 6) is -0.0432. The molecule has 0 spiro atoms. The van der Waals surface area contributed by atoms with E-state index in [1.165, 1.54) is 5.56 Å². The number of aromatic nitrogens is 1. The number of alkyl carbamates (subject to hydrolysis) is 1. The van der Waals surface area contributed by atoms with Crippen LogP contribution in [-0.2, 0) is 24.8 Å². The van der Waals surface area contributed by atoms with Gasteiger partial charge in [-0.1, -0.05) is 42.5 Å². The van der Waals surface area contributed by atoms with Gasteiger partial charge in [-0.25, -0.2) is 4.79 Å². The summed E-state index contributed by atoms with van der Waals surface area (Å²) < 4.78 is 7.20. The third-order valence-electron chi connectivity index (χ3n) is 5.83. The zero-order chi connectivity index (χ0) is 25.4. The smallest absolute Gasteiger partial charge is 0.407 e. The SMILES string of the molecule is CN(CCCc1ccc(CNC(=O)OC(C)(C)C)cc1)CCNC(=O)c1cc2ccccc2n1C. The standard InChI is InChI=1S/C28H38N4O3/c1-28(2,3)35-27(34)30-20-22-14-12-21(13-15-22)9-8-17-31(4)18-16-29-26(33)25-19-23-10-6-7-11-24(23)32(25)5/h6-7,10-15,19H,8-9,16-18,20H2,1-5H3,(H,29,33)(H,30,34). The zero-order valence-corrected chi connectivity index (χ0v) is 21.6. The van der Waals surface area contributed by atoms with E-state index in [2.05, 4.69) is 34.7 Å². The van der Waals surface area contributed by atoms with Crippen molar-refractivity contribution in [3.8, 4) is 0 Å². The summed E-state index contributed by atoms with van der Waals surface area (Å²) in [7, 11) is 4.00. The summed E-state index contributed by atoms with van der Waals surface area (Å²) in [6.45, 7) is 8.35. The molecule has 0 radical (unpaired) electrons. The maximum absolute atomic E-state index is 12.6. The van der Waals surface area contributed by atoms with Crippen LogP contribution in [0.15, 0.2) is 54.6 Å². The van der Waals surface area contributed by atoms with E-state index in [4.69, 9.17) is 4.74 Å². The molecule has 0 saturated carbocycles. The van der Waals surface area contributed by atoms with Gasteiger partial charge in [0.15, 0.2) is 0 Å². The predicted octanol–water partition coefficient (Wildman–Crippen LogP) is 4.50. The Hall–Kier alpha value is -3.32. The number of hydrogen-bond donors (Lipinski definition) is 2. The molecule has 0 fully saturated rings. The molecular formula is C28H38N4O3. The van der Waals surface area contributed by atoms with Crippen LogP contribution in [0, 0.1) is 0 Å². The van der Waals surface area contributed by atoms with Crippen LogP contribution in [0.25, 0.3) is 10.9 Å². The van der Waals surface area contributed by atoms with Crippen molar-refractivity contribution in [1.29, 1.82) is 0 Å². The second-order valence-corrected chi connectivity index (χ2v) is 9.98. The molecule has 0 bridgehead atoms. The van der Waals surface area contributed by atoms with Gasteiger partial charge in [-0.15, -0.1) is 0 Å². The van der Waals surface area contributed by atoms with Crippen molar-refractivity contribution in [3.63, 3.8) is 0 Å². The van der Waals surface area contributed by atoms with Crippen molar-refractivity contribution in [1.82, 2.24) is 20.1 Å². The number of ether oxygens (including phenoxy) is 1. The summed E-state index contributed by atoms with van der Waals surface area (Å²) in [6, 6.07) is 18.2. The molecule has 2 N–H and O–H groups in total. The molecule has 0 aliphatic heterocycles. The van der Waals surface area contributed by atoms with E-state index < -0.39 is 11.7 Å². The fourth-order valence-corrected chi connectivity index (χ4v) is 3.93. The van der Waals surface area contributed by atoms with E-state index in [0.717, 1.165) is 42.4 Å². The van der Waals surface area contributed by atoms with Crippen molar-refractivity contribution in [3.05, 3.63) is 71.4 Å². The molecule has 7 nitrogen and oxygen atoms in total. The molecule has 2 amide bonds. The van der Waals surface area contributed by atoms with Crippen LogP contribution < -0.4 is 10.6 Å². The van der Waals surface area contributed by atoms with E-state index in [0.29, 0.717) is 18.8 Å². The van der Waals surface area contributed by atoms with E-state index in [1.807, 2.05) is 74.9 Å². The Morgan fingerprint density at radius 3 is 2.34 bits per heavy atom. The van der Waals surface area contributed by atoms with Crippen molar-refractivity contribution in [2.45, 2.75) is 45.8 Å². The maximum atomic E-state index is 12.6. The fraction of sp³-hybridized carbons (Fsp3) is 0.429. The minimum atomic E-state index is -0.496. The quantitative estimate of drug-likeness (QED) is 0.450. The Morgan fingerprint density at radius 1 is 0.971 bits per heavy atom. The number of likely N-dealkylation sites (N-methyl/N-ethyl adjacent to an activating group) is 1. The van der Waals surface area contributed by atoms with E-state index in [9.17, 15) is 9.59 Å². The van der Waals surface area contributed by atoms with Crippen molar-refractivity contribution >= 4 is 22.9 Å². The van der Waals surface area contributed by atoms with Gasteiger partial charge in [-0.3, -0.25) is 4.79 Å². The third-order valence-corrected chi connectivity index (χ3v) is 5.83. The lowest BCUT2D eigenvalue weighted by Crippen LogP contribution is -2.34. The highest BCUT2D eigenvalue weighted by Gasteiger charge is 2.15. The maximum Gasteiger partial charge on any atom is 0.407 e. The molecule has 188 valence electrons. The molecule has 3 rings (SSSR count). The molecule has 2 aromatic carbocycles. The van der Waals surface area contributed by atoms with Crippen LogP contribution in [0.4, 0.5) is 4.79 Å². The first-order valence-electron chi connectivity index (χ1n) is 12.2. The summed E-state index contributed by atoms with van der Waals surface area (Å²) in [4.78, 5) is 26.6. The number of carbonyl (C=O) groups is 2. The van der Waals surface area contributed by atoms with Crippen molar-refractivity contribution in [2.24, 2.45) is 7.05 Å². The summed E-state index contributed by atoms with van der Waals surface area (Å²) >= 11 is 0. The number of rotatable bonds is 10. The molecule has 1 aromatic heterocycles. The highest BCUT2D eigenvalue weighted by molar-refractivity contribution is 5.98. The number of nitrogens with zero attached hydrogens (tertiary/aromatic N) is 2. The highest BCUT2D eigenvalue weighted by atomic mass is 16.6. The van der Waals surface area contributed by atoms with Gasteiger partial charge in [0.1, 0.15) is 11.3 Å². The number of benzene rings is 2. The number of hydrogen-bond acceptors (Lipinski definition) is 4. The first kappa shape index (κ1) is 26.3. The summed E-state index contributed by atoms with van der Waals surface area (Å²) in [5.41, 5.74) is 3.55. The van der Waals surface area contributed by atoms with Crippen molar-refractivity contribution < 1.29 is 14.3 Å².